The van der Waals surface area contributed by atoms with E-state index in [-0.39, 0.29) is 4.90 Å². The van der Waals surface area contributed by atoms with Gasteiger partial charge in [-0.25, -0.2) is 13.2 Å². The highest BCUT2D eigenvalue weighted by Gasteiger charge is 2.26. The third-order valence-electron chi connectivity index (χ3n) is 4.39. The van der Waals surface area contributed by atoms with Crippen LogP contribution in [0.1, 0.15) is 17.3 Å². The van der Waals surface area contributed by atoms with Gasteiger partial charge in [0.25, 0.3) is 5.91 Å². The van der Waals surface area contributed by atoms with Crippen LogP contribution in [0.15, 0.2) is 59.5 Å². The Morgan fingerprint density at radius 3 is 2.28 bits per heavy atom. The molecule has 0 spiro atoms. The van der Waals surface area contributed by atoms with E-state index in [0.717, 1.165) is 0 Å². The Morgan fingerprint density at radius 1 is 1.03 bits per heavy atom. The Labute approximate surface area is 169 Å². The van der Waals surface area contributed by atoms with Crippen LogP contribution in [0.4, 0.5) is 5.69 Å². The lowest BCUT2D eigenvalue weighted by atomic mass is 10.2. The highest BCUT2D eigenvalue weighted by Crippen LogP contribution is 2.19. The predicted molar refractivity (Wildman–Crippen MR) is 106 cm³/mol. The lowest BCUT2D eigenvalue weighted by Crippen LogP contribution is -2.40. The van der Waals surface area contributed by atoms with Gasteiger partial charge in [-0.15, -0.1) is 0 Å². The minimum atomic E-state index is -3.60. The molecule has 2 aromatic rings. The summed E-state index contributed by atoms with van der Waals surface area (Å²) in [5.41, 5.74) is 0.753. The minimum Gasteiger partial charge on any atom is -0.449 e. The normalized spacial score (nSPS) is 16.0. The molecule has 0 bridgehead atoms. The number of morpholine rings is 1. The summed E-state index contributed by atoms with van der Waals surface area (Å²) < 4.78 is 36.9. The van der Waals surface area contributed by atoms with Crippen LogP contribution in [0.5, 0.6) is 0 Å². The zero-order chi connectivity index (χ0) is 20.9. The van der Waals surface area contributed by atoms with Crippen LogP contribution in [0.2, 0.25) is 0 Å². The molecule has 1 atom stereocenters. The summed E-state index contributed by atoms with van der Waals surface area (Å²) in [4.78, 5) is 24.5. The molecular formula is C20H22N2O6S. The highest BCUT2D eigenvalue weighted by atomic mass is 32.2. The molecule has 1 saturated heterocycles. The fourth-order valence-corrected chi connectivity index (χ4v) is 4.15. The lowest BCUT2D eigenvalue weighted by Gasteiger charge is -2.26. The molecular weight excluding hydrogens is 396 g/mol. The van der Waals surface area contributed by atoms with Crippen molar-refractivity contribution >= 4 is 27.6 Å². The maximum Gasteiger partial charge on any atom is 0.338 e. The Hall–Kier alpha value is -2.75. The first kappa shape index (κ1) is 21.0. The number of hydrogen-bond acceptors (Lipinski definition) is 6. The second kappa shape index (κ2) is 9.17. The van der Waals surface area contributed by atoms with Gasteiger partial charge in [0.1, 0.15) is 0 Å². The summed E-state index contributed by atoms with van der Waals surface area (Å²) >= 11 is 0. The van der Waals surface area contributed by atoms with E-state index in [1.807, 2.05) is 0 Å². The van der Waals surface area contributed by atoms with E-state index in [9.17, 15) is 18.0 Å². The van der Waals surface area contributed by atoms with Crippen molar-refractivity contribution in [1.82, 2.24) is 4.31 Å². The summed E-state index contributed by atoms with van der Waals surface area (Å²) in [7, 11) is -3.60. The zero-order valence-electron chi connectivity index (χ0n) is 15.9. The molecule has 0 aromatic heterocycles. The average Bonchev–Trinajstić information content (AvgIpc) is 2.75. The smallest absolute Gasteiger partial charge is 0.338 e. The van der Waals surface area contributed by atoms with Crippen LogP contribution in [-0.4, -0.2) is 57.0 Å². The molecule has 1 amide bonds. The first-order valence-corrected chi connectivity index (χ1v) is 10.6. The van der Waals surface area contributed by atoms with Crippen molar-refractivity contribution in [3.8, 4) is 0 Å². The van der Waals surface area contributed by atoms with Gasteiger partial charge in [0.2, 0.25) is 10.0 Å². The fraction of sp³-hybridized carbons (Fsp3) is 0.300. The number of nitrogens with zero attached hydrogens (tertiary/aromatic N) is 1. The van der Waals surface area contributed by atoms with Crippen LogP contribution in [0.3, 0.4) is 0 Å². The monoisotopic (exact) mass is 418 g/mol. The van der Waals surface area contributed by atoms with Gasteiger partial charge < -0.3 is 14.8 Å². The second-order valence-electron chi connectivity index (χ2n) is 6.44. The SMILES string of the molecule is C[C@@H](OC(=O)c1ccccc1)C(=O)Nc1ccc(S(=O)(=O)N2CCOCC2)cc1. The number of ether oxygens (including phenoxy) is 2. The lowest BCUT2D eigenvalue weighted by molar-refractivity contribution is -0.123. The zero-order valence-corrected chi connectivity index (χ0v) is 16.7. The fourth-order valence-electron chi connectivity index (χ4n) is 2.75. The third kappa shape index (κ3) is 5.20. The highest BCUT2D eigenvalue weighted by molar-refractivity contribution is 7.89. The Kier molecular flexibility index (Phi) is 6.63. The number of rotatable bonds is 6. The quantitative estimate of drug-likeness (QED) is 0.719. The topological polar surface area (TPSA) is 102 Å². The summed E-state index contributed by atoms with van der Waals surface area (Å²) in [5, 5.41) is 2.61. The molecule has 0 saturated carbocycles. The van der Waals surface area contributed by atoms with Crippen molar-refractivity contribution in [2.45, 2.75) is 17.9 Å². The Bertz CT molecular complexity index is 954. The molecule has 0 aliphatic carbocycles. The third-order valence-corrected chi connectivity index (χ3v) is 6.31. The van der Waals surface area contributed by atoms with E-state index < -0.39 is 28.0 Å². The number of esters is 1. The Balaban J connectivity index is 1.60. The molecule has 1 aliphatic rings. The number of benzene rings is 2. The predicted octanol–water partition coefficient (Wildman–Crippen LogP) is 1.89. The Morgan fingerprint density at radius 2 is 1.66 bits per heavy atom. The van der Waals surface area contributed by atoms with Gasteiger partial charge in [-0.3, -0.25) is 4.79 Å². The van der Waals surface area contributed by atoms with Gasteiger partial charge in [-0.1, -0.05) is 18.2 Å². The molecule has 154 valence electrons. The van der Waals surface area contributed by atoms with Gasteiger partial charge in [-0.2, -0.15) is 4.31 Å². The molecule has 2 aromatic carbocycles. The van der Waals surface area contributed by atoms with E-state index in [2.05, 4.69) is 5.32 Å². The first-order chi connectivity index (χ1) is 13.9. The minimum absolute atomic E-state index is 0.140. The van der Waals surface area contributed by atoms with Crippen molar-refractivity contribution < 1.29 is 27.5 Å². The molecule has 9 heteroatoms. The molecule has 3 rings (SSSR count). The summed E-state index contributed by atoms with van der Waals surface area (Å²) in [6.07, 6.45) is -1.01. The van der Waals surface area contributed by atoms with Gasteiger partial charge >= 0.3 is 5.97 Å². The van der Waals surface area contributed by atoms with E-state index in [1.54, 1.807) is 30.3 Å². The van der Waals surface area contributed by atoms with Gasteiger partial charge in [0.05, 0.1) is 23.7 Å². The molecule has 1 aliphatic heterocycles. The van der Waals surface area contributed by atoms with Gasteiger partial charge in [-0.05, 0) is 43.3 Å². The van der Waals surface area contributed by atoms with Crippen LogP contribution >= 0.6 is 0 Å². The van der Waals surface area contributed by atoms with Gasteiger partial charge in [0, 0.05) is 18.8 Å². The van der Waals surface area contributed by atoms with E-state index in [1.165, 1.54) is 35.5 Å². The maximum atomic E-state index is 12.6. The van der Waals surface area contributed by atoms with Gasteiger partial charge in [0.15, 0.2) is 6.10 Å². The number of anilines is 1. The van der Waals surface area contributed by atoms with Crippen LogP contribution in [-0.2, 0) is 24.3 Å². The standard InChI is InChI=1S/C20H22N2O6S/c1-15(28-20(24)16-5-3-2-4-6-16)19(23)21-17-7-9-18(10-8-17)29(25,26)22-11-13-27-14-12-22/h2-10,15H,11-14H2,1H3,(H,21,23)/t15-/m1/s1. The van der Waals surface area contributed by atoms with Crippen LogP contribution in [0.25, 0.3) is 0 Å². The average molecular weight is 418 g/mol. The number of carbonyl (C=O) groups excluding carboxylic acids is 2. The number of carbonyl (C=O) groups is 2. The number of sulfonamides is 1. The summed E-state index contributed by atoms with van der Waals surface area (Å²) in [6, 6.07) is 14.2. The summed E-state index contributed by atoms with van der Waals surface area (Å²) in [5.74, 6) is -1.11. The largest absolute Gasteiger partial charge is 0.449 e. The molecule has 0 unspecified atom stereocenters. The first-order valence-electron chi connectivity index (χ1n) is 9.13. The van der Waals surface area contributed by atoms with Crippen molar-refractivity contribution in [1.29, 1.82) is 0 Å². The molecule has 0 radical (unpaired) electrons. The molecule has 8 nitrogen and oxygen atoms in total. The van der Waals surface area contributed by atoms with Crippen LogP contribution < -0.4 is 5.32 Å². The number of amides is 1. The van der Waals surface area contributed by atoms with Crippen molar-refractivity contribution in [3.05, 3.63) is 60.2 Å². The maximum absolute atomic E-state index is 12.6. The molecule has 1 N–H and O–H groups in total. The molecule has 1 heterocycles. The van der Waals surface area contributed by atoms with Crippen molar-refractivity contribution in [2.24, 2.45) is 0 Å². The number of nitrogens with one attached hydrogen (secondary N) is 1. The summed E-state index contributed by atoms with van der Waals surface area (Å²) in [6.45, 7) is 2.82. The molecule has 1 fully saturated rings. The van der Waals surface area contributed by atoms with Crippen molar-refractivity contribution in [2.75, 3.05) is 31.6 Å². The van der Waals surface area contributed by atoms with Crippen LogP contribution in [0, 0.1) is 0 Å². The van der Waals surface area contributed by atoms with Crippen molar-refractivity contribution in [3.63, 3.8) is 0 Å². The number of hydrogen-bond donors (Lipinski definition) is 1. The molecule has 29 heavy (non-hydrogen) atoms. The van der Waals surface area contributed by atoms with E-state index in [4.69, 9.17) is 9.47 Å². The van der Waals surface area contributed by atoms with E-state index >= 15 is 0 Å². The van der Waals surface area contributed by atoms with E-state index in [0.29, 0.717) is 37.6 Å². The second-order valence-corrected chi connectivity index (χ2v) is 8.38.